The van der Waals surface area contributed by atoms with Gasteiger partial charge in [0.15, 0.2) is 5.78 Å². The van der Waals surface area contributed by atoms with Gasteiger partial charge in [-0.1, -0.05) is 36.0 Å². The van der Waals surface area contributed by atoms with Crippen molar-refractivity contribution >= 4 is 28.9 Å². The molecule has 0 saturated heterocycles. The molecule has 3 heteroatoms. The van der Waals surface area contributed by atoms with Crippen molar-refractivity contribution in [3.05, 3.63) is 47.3 Å². The van der Waals surface area contributed by atoms with Crippen molar-refractivity contribution in [1.29, 1.82) is 0 Å². The molecule has 0 unspecified atom stereocenters. The fourth-order valence-electron chi connectivity index (χ4n) is 1.28. The van der Waals surface area contributed by atoms with Crippen molar-refractivity contribution in [3.8, 4) is 0 Å². The Balaban J connectivity index is 2.32. The lowest BCUT2D eigenvalue weighted by Crippen LogP contribution is -1.93. The van der Waals surface area contributed by atoms with E-state index in [1.54, 1.807) is 30.0 Å². The second-order valence-electron chi connectivity index (χ2n) is 3.09. The van der Waals surface area contributed by atoms with Crippen LogP contribution < -0.4 is 0 Å². The van der Waals surface area contributed by atoms with Gasteiger partial charge in [0.2, 0.25) is 0 Å². The van der Waals surface area contributed by atoms with Crippen LogP contribution in [-0.2, 0) is 0 Å². The summed E-state index contributed by atoms with van der Waals surface area (Å²) in [4.78, 5) is 12.4. The van der Waals surface area contributed by atoms with Crippen LogP contribution in [0.5, 0.6) is 0 Å². The summed E-state index contributed by atoms with van der Waals surface area (Å²) in [5.74, 6) is 0.120. The van der Waals surface area contributed by atoms with E-state index in [4.69, 9.17) is 0 Å². The van der Waals surface area contributed by atoms with Crippen LogP contribution in [0.3, 0.4) is 0 Å². The molecule has 0 saturated carbocycles. The van der Waals surface area contributed by atoms with Crippen LogP contribution in [0.1, 0.15) is 17.3 Å². The Kier molecular flexibility index (Phi) is 3.23. The molecule has 2 aromatic rings. The first kappa shape index (κ1) is 10.5. The van der Waals surface area contributed by atoms with Gasteiger partial charge in [-0.05, 0) is 24.4 Å². The van der Waals surface area contributed by atoms with E-state index >= 15 is 0 Å². The maximum Gasteiger partial charge on any atom is 0.160 e. The number of Topliss-reactive ketones (excluding diaryl/α,β-unsaturated/α-hetero) is 1. The minimum atomic E-state index is 0.120. The van der Waals surface area contributed by atoms with Gasteiger partial charge < -0.3 is 0 Å². The predicted molar refractivity (Wildman–Crippen MR) is 64.9 cm³/mol. The topological polar surface area (TPSA) is 17.1 Å². The van der Waals surface area contributed by atoms with E-state index in [-0.39, 0.29) is 5.78 Å². The zero-order valence-corrected chi connectivity index (χ0v) is 9.90. The van der Waals surface area contributed by atoms with Crippen LogP contribution in [-0.4, -0.2) is 5.78 Å². The molecule has 0 amide bonds. The second-order valence-corrected chi connectivity index (χ2v) is 5.38. The van der Waals surface area contributed by atoms with Crippen LogP contribution >= 0.6 is 23.1 Å². The van der Waals surface area contributed by atoms with Gasteiger partial charge in [-0.25, -0.2) is 0 Å². The van der Waals surface area contributed by atoms with Gasteiger partial charge >= 0.3 is 0 Å². The molecule has 0 aliphatic heterocycles. The molecule has 1 heterocycles. The van der Waals surface area contributed by atoms with E-state index in [2.05, 4.69) is 6.07 Å². The summed E-state index contributed by atoms with van der Waals surface area (Å²) in [6.45, 7) is 1.60. The number of ketones is 1. The molecule has 0 spiro atoms. The van der Waals surface area contributed by atoms with E-state index in [1.165, 1.54) is 4.21 Å². The maximum atomic E-state index is 11.4. The number of carbonyl (C=O) groups is 1. The Morgan fingerprint density at radius 3 is 2.67 bits per heavy atom. The molecule has 0 aliphatic carbocycles. The van der Waals surface area contributed by atoms with Crippen molar-refractivity contribution in [1.82, 2.24) is 0 Å². The summed E-state index contributed by atoms with van der Waals surface area (Å²) in [6, 6.07) is 11.8. The highest BCUT2D eigenvalue weighted by molar-refractivity contribution is 8.01. The second kappa shape index (κ2) is 4.64. The summed E-state index contributed by atoms with van der Waals surface area (Å²) in [5, 5.41) is 2.04. The normalized spacial score (nSPS) is 10.2. The molecule has 15 heavy (non-hydrogen) atoms. The van der Waals surface area contributed by atoms with Crippen LogP contribution in [0.15, 0.2) is 50.9 Å². The molecule has 2 rings (SSSR count). The van der Waals surface area contributed by atoms with E-state index in [0.717, 1.165) is 10.5 Å². The third-order valence-electron chi connectivity index (χ3n) is 1.97. The lowest BCUT2D eigenvalue weighted by molar-refractivity contribution is 0.101. The van der Waals surface area contributed by atoms with E-state index in [9.17, 15) is 4.79 Å². The highest BCUT2D eigenvalue weighted by Crippen LogP contribution is 2.33. The standard InChI is InChI=1S/C12H10OS2/c1-9(13)10-5-2-3-6-11(10)15-12-7-4-8-14-12/h2-8H,1H3. The largest absolute Gasteiger partial charge is 0.294 e. The summed E-state index contributed by atoms with van der Waals surface area (Å²) >= 11 is 3.34. The van der Waals surface area contributed by atoms with E-state index < -0.39 is 0 Å². The first-order chi connectivity index (χ1) is 7.27. The molecule has 76 valence electrons. The smallest absolute Gasteiger partial charge is 0.160 e. The molecule has 0 N–H and O–H groups in total. The number of hydrogen-bond donors (Lipinski definition) is 0. The number of thiophene rings is 1. The fraction of sp³-hybridized carbons (Fsp3) is 0.0833. The average Bonchev–Trinajstić information content (AvgIpc) is 2.71. The Morgan fingerprint density at radius 2 is 2.00 bits per heavy atom. The van der Waals surface area contributed by atoms with Gasteiger partial charge in [0.05, 0.1) is 4.21 Å². The molecule has 0 aliphatic rings. The maximum absolute atomic E-state index is 11.4. The Bertz CT molecular complexity index is 460. The monoisotopic (exact) mass is 234 g/mol. The molecule has 0 bridgehead atoms. The third-order valence-corrected chi connectivity index (χ3v) is 4.09. The number of rotatable bonds is 3. The van der Waals surface area contributed by atoms with Crippen LogP contribution in [0.25, 0.3) is 0 Å². The van der Waals surface area contributed by atoms with Gasteiger partial charge in [0, 0.05) is 10.5 Å². The first-order valence-electron chi connectivity index (χ1n) is 4.58. The lowest BCUT2D eigenvalue weighted by Gasteiger charge is -2.03. The first-order valence-corrected chi connectivity index (χ1v) is 6.28. The molecular weight excluding hydrogens is 224 g/mol. The third kappa shape index (κ3) is 2.49. The SMILES string of the molecule is CC(=O)c1ccccc1Sc1cccs1. The Hall–Kier alpha value is -1.06. The van der Waals surface area contributed by atoms with Crippen LogP contribution in [0, 0.1) is 0 Å². The summed E-state index contributed by atoms with van der Waals surface area (Å²) in [6.07, 6.45) is 0. The van der Waals surface area contributed by atoms with Gasteiger partial charge in [0.1, 0.15) is 0 Å². The highest BCUT2D eigenvalue weighted by Gasteiger charge is 2.07. The minimum absolute atomic E-state index is 0.120. The van der Waals surface area contributed by atoms with Crippen LogP contribution in [0.4, 0.5) is 0 Å². The predicted octanol–water partition coefficient (Wildman–Crippen LogP) is 4.10. The number of carbonyl (C=O) groups excluding carboxylic acids is 1. The minimum Gasteiger partial charge on any atom is -0.294 e. The summed E-state index contributed by atoms with van der Waals surface area (Å²) in [5.41, 5.74) is 0.802. The van der Waals surface area contributed by atoms with Crippen molar-refractivity contribution in [3.63, 3.8) is 0 Å². The number of hydrogen-bond acceptors (Lipinski definition) is 3. The summed E-state index contributed by atoms with van der Waals surface area (Å²) < 4.78 is 1.21. The van der Waals surface area contributed by atoms with Gasteiger partial charge in [-0.15, -0.1) is 11.3 Å². The van der Waals surface area contributed by atoms with Crippen molar-refractivity contribution in [2.24, 2.45) is 0 Å². The van der Waals surface area contributed by atoms with Gasteiger partial charge in [0.25, 0.3) is 0 Å². The average molecular weight is 234 g/mol. The van der Waals surface area contributed by atoms with Crippen molar-refractivity contribution in [2.45, 2.75) is 16.0 Å². The van der Waals surface area contributed by atoms with Crippen molar-refractivity contribution in [2.75, 3.05) is 0 Å². The quantitative estimate of drug-likeness (QED) is 0.744. The fourth-order valence-corrected chi connectivity index (χ4v) is 3.18. The van der Waals surface area contributed by atoms with Gasteiger partial charge in [-0.3, -0.25) is 4.79 Å². The highest BCUT2D eigenvalue weighted by atomic mass is 32.2. The molecule has 0 atom stereocenters. The Labute approximate surface area is 97.1 Å². The number of benzene rings is 1. The zero-order valence-electron chi connectivity index (χ0n) is 8.27. The molecule has 1 aromatic heterocycles. The van der Waals surface area contributed by atoms with E-state index in [0.29, 0.717) is 0 Å². The zero-order chi connectivity index (χ0) is 10.7. The van der Waals surface area contributed by atoms with E-state index in [1.807, 2.05) is 35.7 Å². The van der Waals surface area contributed by atoms with Crippen LogP contribution in [0.2, 0.25) is 0 Å². The molecule has 1 nitrogen and oxygen atoms in total. The lowest BCUT2D eigenvalue weighted by atomic mass is 10.1. The molecule has 0 fully saturated rings. The Morgan fingerprint density at radius 1 is 1.20 bits per heavy atom. The summed E-state index contributed by atoms with van der Waals surface area (Å²) in [7, 11) is 0. The van der Waals surface area contributed by atoms with Gasteiger partial charge in [-0.2, -0.15) is 0 Å². The molecule has 0 radical (unpaired) electrons. The molecular formula is C12H10OS2. The molecule has 1 aromatic carbocycles. The van der Waals surface area contributed by atoms with Crippen molar-refractivity contribution < 1.29 is 4.79 Å².